The van der Waals surface area contributed by atoms with Crippen LogP contribution < -0.4 is 5.32 Å². The first-order valence-corrected chi connectivity index (χ1v) is 9.78. The van der Waals surface area contributed by atoms with E-state index in [1.54, 1.807) is 18.2 Å². The summed E-state index contributed by atoms with van der Waals surface area (Å²) >= 11 is 12.2. The topological polar surface area (TPSA) is 35.8 Å². The molecule has 5 heteroatoms. The summed E-state index contributed by atoms with van der Waals surface area (Å²) in [6.45, 7) is 7.05. The fourth-order valence-electron chi connectivity index (χ4n) is 4.27. The average molecular weight is 405 g/mol. The molecule has 0 amide bonds. The van der Waals surface area contributed by atoms with Gasteiger partial charge in [-0.25, -0.2) is 4.39 Å². The molecule has 2 aromatic carbocycles. The molecule has 1 N–H and O–H groups in total. The molecule has 2 aromatic rings. The van der Waals surface area contributed by atoms with Crippen LogP contribution in [0.1, 0.15) is 44.4 Å². The Morgan fingerprint density at radius 1 is 1.19 bits per heavy atom. The van der Waals surface area contributed by atoms with Crippen LogP contribution in [0.2, 0.25) is 10.0 Å². The lowest BCUT2D eigenvalue weighted by molar-refractivity contribution is 0.247. The van der Waals surface area contributed by atoms with E-state index in [2.05, 4.69) is 32.2 Å². The Bertz CT molecular complexity index is 885. The number of benzene rings is 2. The van der Waals surface area contributed by atoms with Crippen LogP contribution in [0.25, 0.3) is 0 Å². The molecule has 1 heterocycles. The Kier molecular flexibility index (Phi) is 5.54. The van der Waals surface area contributed by atoms with E-state index in [4.69, 9.17) is 23.2 Å². The summed E-state index contributed by atoms with van der Waals surface area (Å²) < 4.78 is 15.0. The lowest BCUT2D eigenvalue weighted by atomic mass is 9.63. The van der Waals surface area contributed by atoms with Gasteiger partial charge in [0.25, 0.3) is 0 Å². The van der Waals surface area contributed by atoms with Crippen LogP contribution >= 0.6 is 23.2 Å². The van der Waals surface area contributed by atoms with Crippen LogP contribution in [0.3, 0.4) is 0 Å². The highest BCUT2D eigenvalue weighted by Gasteiger charge is 2.54. The fraction of sp³-hybridized carbons (Fsp3) is 0.409. The Balaban J connectivity index is 2.20. The second kappa shape index (κ2) is 7.43. The first-order valence-electron chi connectivity index (χ1n) is 9.03. The van der Waals surface area contributed by atoms with E-state index in [-0.39, 0.29) is 17.4 Å². The molecule has 3 atom stereocenters. The third-order valence-electron chi connectivity index (χ3n) is 5.27. The van der Waals surface area contributed by atoms with Gasteiger partial charge in [-0.15, -0.1) is 0 Å². The van der Waals surface area contributed by atoms with Gasteiger partial charge in [0, 0.05) is 22.2 Å². The van der Waals surface area contributed by atoms with Crippen molar-refractivity contribution in [2.24, 2.45) is 11.3 Å². The fourth-order valence-corrected chi connectivity index (χ4v) is 4.63. The molecular formula is C22H23Cl2FN2. The molecular weight excluding hydrogens is 382 g/mol. The van der Waals surface area contributed by atoms with E-state index in [0.717, 1.165) is 12.0 Å². The molecule has 0 radical (unpaired) electrons. The van der Waals surface area contributed by atoms with Crippen molar-refractivity contribution in [2.75, 3.05) is 6.54 Å². The SMILES string of the molecule is CC(C)(C)CC1CNC(c2cccc(Cl)c2)C1(C#N)c1ccc(Cl)cc1F. The second-order valence-electron chi connectivity index (χ2n) is 8.46. The first kappa shape index (κ1) is 20.1. The lowest BCUT2D eigenvalue weighted by Gasteiger charge is -2.37. The zero-order valence-corrected chi connectivity index (χ0v) is 17.2. The highest BCUT2D eigenvalue weighted by Crippen LogP contribution is 2.51. The number of halogens is 3. The van der Waals surface area contributed by atoms with Gasteiger partial charge in [0.15, 0.2) is 0 Å². The molecule has 3 rings (SSSR count). The van der Waals surface area contributed by atoms with Crippen LogP contribution in [0.15, 0.2) is 42.5 Å². The monoisotopic (exact) mass is 404 g/mol. The molecule has 0 aromatic heterocycles. The van der Waals surface area contributed by atoms with Gasteiger partial charge >= 0.3 is 0 Å². The van der Waals surface area contributed by atoms with E-state index >= 15 is 4.39 Å². The molecule has 1 saturated heterocycles. The maximum Gasteiger partial charge on any atom is 0.129 e. The van der Waals surface area contributed by atoms with Crippen LogP contribution in [-0.4, -0.2) is 6.54 Å². The highest BCUT2D eigenvalue weighted by molar-refractivity contribution is 6.30. The molecule has 1 aliphatic heterocycles. The van der Waals surface area contributed by atoms with E-state index in [1.165, 1.54) is 6.07 Å². The maximum absolute atomic E-state index is 15.0. The van der Waals surface area contributed by atoms with E-state index in [9.17, 15) is 5.26 Å². The Hall–Kier alpha value is -1.60. The van der Waals surface area contributed by atoms with Gasteiger partial charge in [-0.05, 0) is 47.6 Å². The van der Waals surface area contributed by atoms with Crippen molar-refractivity contribution in [3.63, 3.8) is 0 Å². The molecule has 0 spiro atoms. The molecule has 0 aliphatic carbocycles. The van der Waals surface area contributed by atoms with Gasteiger partial charge in [0.2, 0.25) is 0 Å². The summed E-state index contributed by atoms with van der Waals surface area (Å²) in [6.07, 6.45) is 0.784. The van der Waals surface area contributed by atoms with Crippen molar-refractivity contribution in [3.05, 3.63) is 69.5 Å². The average Bonchev–Trinajstić information content (AvgIpc) is 2.92. The number of nitrogens with zero attached hydrogens (tertiary/aromatic N) is 1. The summed E-state index contributed by atoms with van der Waals surface area (Å²) in [5.74, 6) is -0.499. The minimum atomic E-state index is -1.05. The van der Waals surface area contributed by atoms with Crippen LogP contribution in [0.5, 0.6) is 0 Å². The molecule has 2 nitrogen and oxygen atoms in total. The summed E-state index contributed by atoms with van der Waals surface area (Å²) in [7, 11) is 0. The number of rotatable bonds is 3. The predicted molar refractivity (Wildman–Crippen MR) is 108 cm³/mol. The molecule has 0 bridgehead atoms. The van der Waals surface area contributed by atoms with E-state index < -0.39 is 11.2 Å². The molecule has 27 heavy (non-hydrogen) atoms. The number of hydrogen-bond acceptors (Lipinski definition) is 2. The number of nitriles is 1. The van der Waals surface area contributed by atoms with Gasteiger partial charge in [-0.2, -0.15) is 5.26 Å². The van der Waals surface area contributed by atoms with Gasteiger partial charge in [0.05, 0.1) is 12.1 Å². The lowest BCUT2D eigenvalue weighted by Crippen LogP contribution is -2.39. The third kappa shape index (κ3) is 3.85. The molecule has 1 aliphatic rings. The Morgan fingerprint density at radius 3 is 2.48 bits per heavy atom. The summed E-state index contributed by atoms with van der Waals surface area (Å²) in [6, 6.07) is 14.2. The zero-order chi connectivity index (χ0) is 19.8. The van der Waals surface area contributed by atoms with Crippen molar-refractivity contribution in [1.29, 1.82) is 5.26 Å². The van der Waals surface area contributed by atoms with Crippen LogP contribution in [-0.2, 0) is 5.41 Å². The van der Waals surface area contributed by atoms with E-state index in [0.29, 0.717) is 22.2 Å². The largest absolute Gasteiger partial charge is 0.308 e. The van der Waals surface area contributed by atoms with Crippen molar-refractivity contribution in [2.45, 2.75) is 38.6 Å². The minimum absolute atomic E-state index is 0.000567. The van der Waals surface area contributed by atoms with Crippen molar-refractivity contribution < 1.29 is 4.39 Å². The molecule has 142 valence electrons. The third-order valence-corrected chi connectivity index (χ3v) is 5.74. The second-order valence-corrected chi connectivity index (χ2v) is 9.34. The molecule has 1 fully saturated rings. The number of hydrogen-bond donors (Lipinski definition) is 1. The Labute approximate surface area is 170 Å². The molecule has 0 saturated carbocycles. The van der Waals surface area contributed by atoms with Crippen LogP contribution in [0.4, 0.5) is 4.39 Å². The van der Waals surface area contributed by atoms with E-state index in [1.807, 2.05) is 18.2 Å². The maximum atomic E-state index is 15.0. The van der Waals surface area contributed by atoms with Crippen LogP contribution in [0, 0.1) is 28.5 Å². The normalized spacial score (nSPS) is 25.4. The standard InChI is InChI=1S/C22H23Cl2FN2/c1-21(2,3)11-15-12-27-20(14-5-4-6-16(23)9-14)22(15,13-26)18-8-7-17(24)10-19(18)25/h4-10,15,20,27H,11-12H2,1-3H3. The van der Waals surface area contributed by atoms with Crippen molar-refractivity contribution >= 4 is 23.2 Å². The van der Waals surface area contributed by atoms with Crippen molar-refractivity contribution in [1.82, 2.24) is 5.32 Å². The minimum Gasteiger partial charge on any atom is -0.308 e. The number of nitrogens with one attached hydrogen (secondary N) is 1. The summed E-state index contributed by atoms with van der Waals surface area (Å²) in [5.41, 5.74) is 0.223. The predicted octanol–water partition coefficient (Wildman–Crippen LogP) is 6.29. The smallest absolute Gasteiger partial charge is 0.129 e. The Morgan fingerprint density at radius 2 is 1.89 bits per heavy atom. The van der Waals surface area contributed by atoms with Gasteiger partial charge in [-0.1, -0.05) is 62.2 Å². The van der Waals surface area contributed by atoms with Gasteiger partial charge < -0.3 is 5.32 Å². The summed E-state index contributed by atoms with van der Waals surface area (Å²) in [4.78, 5) is 0. The highest BCUT2D eigenvalue weighted by atomic mass is 35.5. The quantitative estimate of drug-likeness (QED) is 0.651. The molecule has 3 unspecified atom stereocenters. The van der Waals surface area contributed by atoms with Crippen molar-refractivity contribution in [3.8, 4) is 6.07 Å². The first-order chi connectivity index (χ1) is 12.7. The van der Waals surface area contributed by atoms with Gasteiger partial charge in [0.1, 0.15) is 11.2 Å². The van der Waals surface area contributed by atoms with Gasteiger partial charge in [-0.3, -0.25) is 0 Å². The summed E-state index contributed by atoms with van der Waals surface area (Å²) in [5, 5.41) is 14.8. The zero-order valence-electron chi connectivity index (χ0n) is 15.7.